The van der Waals surface area contributed by atoms with Gasteiger partial charge in [-0.1, -0.05) is 0 Å². The third kappa shape index (κ3) is 3.08. The van der Waals surface area contributed by atoms with Crippen molar-refractivity contribution in [2.45, 2.75) is 25.4 Å². The molecule has 1 atom stereocenters. The minimum Gasteiger partial charge on any atom is -0.337 e. The van der Waals surface area contributed by atoms with Crippen LogP contribution in [0.2, 0.25) is 0 Å². The van der Waals surface area contributed by atoms with Crippen LogP contribution in [0.15, 0.2) is 12.4 Å². The molecule has 1 aromatic heterocycles. The molecule has 8 nitrogen and oxygen atoms in total. The first-order valence-corrected chi connectivity index (χ1v) is 6.22. The van der Waals surface area contributed by atoms with Crippen molar-refractivity contribution in [2.24, 2.45) is 0 Å². The van der Waals surface area contributed by atoms with Crippen molar-refractivity contribution < 1.29 is 9.72 Å². The molecular formula is C11H17N5O3. The molecule has 1 saturated heterocycles. The van der Waals surface area contributed by atoms with Crippen molar-refractivity contribution in [3.8, 4) is 0 Å². The lowest BCUT2D eigenvalue weighted by atomic mass is 10.2. The number of hydrogen-bond acceptors (Lipinski definition) is 5. The Labute approximate surface area is 110 Å². The molecule has 1 fully saturated rings. The summed E-state index contributed by atoms with van der Waals surface area (Å²) in [5.41, 5.74) is -0.0963. The number of rotatable bonds is 5. The van der Waals surface area contributed by atoms with Crippen LogP contribution in [0.3, 0.4) is 0 Å². The van der Waals surface area contributed by atoms with E-state index in [0.717, 1.165) is 32.1 Å². The first-order chi connectivity index (χ1) is 9.11. The largest absolute Gasteiger partial charge is 0.337 e. The molecule has 0 saturated carbocycles. The maximum absolute atomic E-state index is 12.1. The molecule has 1 amide bonds. The van der Waals surface area contributed by atoms with Crippen molar-refractivity contribution >= 4 is 11.6 Å². The van der Waals surface area contributed by atoms with Gasteiger partial charge in [0, 0.05) is 19.1 Å². The number of carbonyl (C=O) groups is 1. The fraction of sp³-hybridized carbons (Fsp3) is 0.636. The minimum absolute atomic E-state index is 0.0456. The predicted molar refractivity (Wildman–Crippen MR) is 67.5 cm³/mol. The Bertz CT molecular complexity index is 473. The average molecular weight is 267 g/mol. The lowest BCUT2D eigenvalue weighted by molar-refractivity contribution is -0.385. The van der Waals surface area contributed by atoms with Crippen molar-refractivity contribution in [3.63, 3.8) is 0 Å². The number of nitro groups is 1. The Morgan fingerprint density at radius 3 is 3.11 bits per heavy atom. The van der Waals surface area contributed by atoms with Gasteiger partial charge in [-0.3, -0.25) is 19.6 Å². The quantitative estimate of drug-likeness (QED) is 0.598. The van der Waals surface area contributed by atoms with Crippen LogP contribution in [0.25, 0.3) is 0 Å². The lowest BCUT2D eigenvalue weighted by Crippen LogP contribution is -2.42. The molecule has 1 aliphatic rings. The lowest BCUT2D eigenvalue weighted by Gasteiger charge is -2.24. The van der Waals surface area contributed by atoms with E-state index >= 15 is 0 Å². The van der Waals surface area contributed by atoms with E-state index in [1.54, 1.807) is 0 Å². The topological polar surface area (TPSA) is 93.3 Å². The Balaban J connectivity index is 1.97. The second kappa shape index (κ2) is 5.79. The zero-order valence-corrected chi connectivity index (χ0v) is 10.8. The Hall–Kier alpha value is -1.96. The smallest absolute Gasteiger partial charge is 0.307 e. The molecule has 8 heteroatoms. The highest BCUT2D eigenvalue weighted by Crippen LogP contribution is 2.17. The van der Waals surface area contributed by atoms with Gasteiger partial charge in [-0.25, -0.2) is 0 Å². The molecular weight excluding hydrogens is 250 g/mol. The second-order valence-electron chi connectivity index (χ2n) is 4.59. The Kier molecular flexibility index (Phi) is 4.10. The minimum atomic E-state index is -0.520. The van der Waals surface area contributed by atoms with Gasteiger partial charge >= 0.3 is 5.69 Å². The van der Waals surface area contributed by atoms with Gasteiger partial charge in [0.25, 0.3) is 0 Å². The van der Waals surface area contributed by atoms with Crippen LogP contribution in [0.1, 0.15) is 12.8 Å². The number of amides is 1. The number of nitrogens with one attached hydrogen (secondary N) is 1. The highest BCUT2D eigenvalue weighted by molar-refractivity contribution is 5.76. The summed E-state index contributed by atoms with van der Waals surface area (Å²) >= 11 is 0. The molecule has 104 valence electrons. The van der Waals surface area contributed by atoms with E-state index in [1.165, 1.54) is 10.9 Å². The maximum Gasteiger partial charge on any atom is 0.307 e. The number of likely N-dealkylation sites (N-methyl/N-ethyl adjacent to an activating group) is 1. The zero-order chi connectivity index (χ0) is 13.8. The van der Waals surface area contributed by atoms with Crippen molar-refractivity contribution in [1.29, 1.82) is 0 Å². The van der Waals surface area contributed by atoms with Crippen molar-refractivity contribution in [1.82, 2.24) is 20.0 Å². The number of hydrogen-bond donors (Lipinski definition) is 1. The Morgan fingerprint density at radius 1 is 1.68 bits per heavy atom. The molecule has 0 bridgehead atoms. The summed E-state index contributed by atoms with van der Waals surface area (Å²) in [4.78, 5) is 24.0. The molecule has 0 aromatic carbocycles. The monoisotopic (exact) mass is 267 g/mol. The van der Waals surface area contributed by atoms with E-state index in [1.807, 2.05) is 11.9 Å². The third-order valence-corrected chi connectivity index (χ3v) is 3.26. The van der Waals surface area contributed by atoms with E-state index in [2.05, 4.69) is 10.4 Å². The highest BCUT2D eigenvalue weighted by Gasteiger charge is 2.28. The molecule has 19 heavy (non-hydrogen) atoms. The zero-order valence-electron chi connectivity index (χ0n) is 10.8. The van der Waals surface area contributed by atoms with Crippen LogP contribution >= 0.6 is 0 Å². The number of aromatic nitrogens is 2. The van der Waals surface area contributed by atoms with Crippen LogP contribution in [0.4, 0.5) is 5.69 Å². The molecule has 1 unspecified atom stereocenters. The number of likely N-dealkylation sites (tertiary alicyclic amines) is 1. The summed E-state index contributed by atoms with van der Waals surface area (Å²) in [6, 6.07) is 0.211. The van der Waals surface area contributed by atoms with Crippen LogP contribution in [-0.2, 0) is 11.3 Å². The van der Waals surface area contributed by atoms with Gasteiger partial charge in [0.05, 0.1) is 4.92 Å². The van der Waals surface area contributed by atoms with E-state index in [9.17, 15) is 14.9 Å². The van der Waals surface area contributed by atoms with E-state index in [4.69, 9.17) is 0 Å². The van der Waals surface area contributed by atoms with Gasteiger partial charge < -0.3 is 10.2 Å². The van der Waals surface area contributed by atoms with Crippen molar-refractivity contribution in [3.05, 3.63) is 22.5 Å². The molecule has 0 aliphatic carbocycles. The normalized spacial score (nSPS) is 18.8. The molecule has 2 rings (SSSR count). The van der Waals surface area contributed by atoms with E-state index in [0.29, 0.717) is 0 Å². The fourth-order valence-electron chi connectivity index (χ4n) is 2.37. The molecule has 0 radical (unpaired) electrons. The first-order valence-electron chi connectivity index (χ1n) is 6.22. The van der Waals surface area contributed by atoms with E-state index < -0.39 is 4.92 Å². The van der Waals surface area contributed by atoms with E-state index in [-0.39, 0.29) is 24.2 Å². The second-order valence-corrected chi connectivity index (χ2v) is 4.59. The fourth-order valence-corrected chi connectivity index (χ4v) is 2.37. The molecule has 1 aliphatic heterocycles. The summed E-state index contributed by atoms with van der Waals surface area (Å²) in [6.45, 7) is 1.56. The average Bonchev–Trinajstić information content (AvgIpc) is 2.98. The summed E-state index contributed by atoms with van der Waals surface area (Å²) in [5.74, 6) is -0.0456. The molecule has 1 aromatic rings. The van der Waals surface area contributed by atoms with Gasteiger partial charge in [-0.15, -0.1) is 0 Å². The van der Waals surface area contributed by atoms with Crippen LogP contribution in [-0.4, -0.2) is 51.7 Å². The van der Waals surface area contributed by atoms with Gasteiger partial charge in [0.1, 0.15) is 18.9 Å². The standard InChI is InChI=1S/C11H17N5O3/c1-12-5-9-3-2-4-15(9)11(17)8-14-7-10(6-13-14)16(18)19/h6-7,9,12H,2-5,8H2,1H3. The van der Waals surface area contributed by atoms with Crippen LogP contribution in [0.5, 0.6) is 0 Å². The van der Waals surface area contributed by atoms with Crippen molar-refractivity contribution in [2.75, 3.05) is 20.1 Å². The van der Waals surface area contributed by atoms with Crippen LogP contribution < -0.4 is 5.32 Å². The summed E-state index contributed by atoms with van der Waals surface area (Å²) in [6.07, 6.45) is 4.42. The first kappa shape index (κ1) is 13.5. The third-order valence-electron chi connectivity index (χ3n) is 3.26. The summed E-state index contributed by atoms with van der Waals surface area (Å²) in [7, 11) is 1.86. The van der Waals surface area contributed by atoms with Gasteiger partial charge in [-0.2, -0.15) is 5.10 Å². The molecule has 0 spiro atoms. The van der Waals surface area contributed by atoms with Gasteiger partial charge in [0.15, 0.2) is 0 Å². The Morgan fingerprint density at radius 2 is 2.47 bits per heavy atom. The van der Waals surface area contributed by atoms with Gasteiger partial charge in [0.2, 0.25) is 5.91 Å². The summed E-state index contributed by atoms with van der Waals surface area (Å²) < 4.78 is 1.31. The molecule has 1 N–H and O–H groups in total. The van der Waals surface area contributed by atoms with Gasteiger partial charge in [-0.05, 0) is 19.9 Å². The highest BCUT2D eigenvalue weighted by atomic mass is 16.6. The predicted octanol–water partition coefficient (Wildman–Crippen LogP) is 0.00170. The number of carbonyl (C=O) groups excluding carboxylic acids is 1. The SMILES string of the molecule is CNCC1CCCN1C(=O)Cn1cc([N+](=O)[O-])cn1. The summed E-state index contributed by atoms with van der Waals surface area (Å²) in [5, 5.41) is 17.4. The number of nitrogens with zero attached hydrogens (tertiary/aromatic N) is 4. The maximum atomic E-state index is 12.1. The van der Waals surface area contributed by atoms with Crippen LogP contribution in [0, 0.1) is 10.1 Å². The molecule has 2 heterocycles.